The minimum Gasteiger partial charge on any atom is -0.450 e. The van der Waals surface area contributed by atoms with Crippen LogP contribution >= 0.6 is 11.3 Å². The summed E-state index contributed by atoms with van der Waals surface area (Å²) in [5.74, 6) is 0. The van der Waals surface area contributed by atoms with E-state index in [4.69, 9.17) is 4.74 Å². The third-order valence-electron chi connectivity index (χ3n) is 3.99. The first-order valence-electron chi connectivity index (χ1n) is 7.99. The molecule has 2 N–H and O–H groups in total. The van der Waals surface area contributed by atoms with E-state index >= 15 is 0 Å². The number of aliphatic hydroxyl groups excluding tert-OH is 1. The summed E-state index contributed by atoms with van der Waals surface area (Å²) >= 11 is 1.59. The second-order valence-electron chi connectivity index (χ2n) is 5.79. The van der Waals surface area contributed by atoms with Gasteiger partial charge in [-0.2, -0.15) is 0 Å². The van der Waals surface area contributed by atoms with Crippen molar-refractivity contribution in [3.63, 3.8) is 0 Å². The number of thiophene rings is 1. The Labute approximate surface area is 136 Å². The minimum absolute atomic E-state index is 0.206. The van der Waals surface area contributed by atoms with Crippen LogP contribution in [0.4, 0.5) is 4.79 Å². The molecule has 1 fully saturated rings. The van der Waals surface area contributed by atoms with Gasteiger partial charge in [0, 0.05) is 30.1 Å². The van der Waals surface area contributed by atoms with E-state index in [1.165, 1.54) is 0 Å². The van der Waals surface area contributed by atoms with E-state index < -0.39 is 6.10 Å². The van der Waals surface area contributed by atoms with E-state index in [2.05, 4.69) is 12.2 Å². The largest absolute Gasteiger partial charge is 0.450 e. The highest BCUT2D eigenvalue weighted by molar-refractivity contribution is 7.10. The molecular weight excluding hydrogens is 300 g/mol. The highest BCUT2D eigenvalue weighted by Gasteiger charge is 2.25. The van der Waals surface area contributed by atoms with E-state index in [9.17, 15) is 9.90 Å². The van der Waals surface area contributed by atoms with Crippen LogP contribution in [0.5, 0.6) is 0 Å². The minimum atomic E-state index is -0.401. The summed E-state index contributed by atoms with van der Waals surface area (Å²) in [4.78, 5) is 14.4. The highest BCUT2D eigenvalue weighted by Crippen LogP contribution is 2.23. The molecule has 2 heterocycles. The standard InChI is InChI=1S/C16H26N2O3S/c1-3-21-16(20)18-8-6-13(7-9-18)17-12(2)11-14(19)15-5-4-10-22-15/h4-5,10,12-14,17,19H,3,6-9,11H2,1-2H3. The molecule has 1 aliphatic rings. The van der Waals surface area contributed by atoms with E-state index in [1.54, 1.807) is 16.2 Å². The molecule has 0 aromatic carbocycles. The summed E-state index contributed by atoms with van der Waals surface area (Å²) in [5, 5.41) is 15.7. The van der Waals surface area contributed by atoms with E-state index in [0.29, 0.717) is 19.1 Å². The Kier molecular flexibility index (Phi) is 6.67. The van der Waals surface area contributed by atoms with Crippen LogP contribution in [0.3, 0.4) is 0 Å². The summed E-state index contributed by atoms with van der Waals surface area (Å²) in [7, 11) is 0. The van der Waals surface area contributed by atoms with Crippen molar-refractivity contribution < 1.29 is 14.6 Å². The van der Waals surface area contributed by atoms with Crippen LogP contribution < -0.4 is 5.32 Å². The molecular formula is C16H26N2O3S. The Bertz CT molecular complexity index is 444. The first-order valence-corrected chi connectivity index (χ1v) is 8.87. The maximum absolute atomic E-state index is 11.7. The predicted molar refractivity (Wildman–Crippen MR) is 88.1 cm³/mol. The van der Waals surface area contributed by atoms with Gasteiger partial charge in [0.15, 0.2) is 0 Å². The molecule has 124 valence electrons. The molecule has 2 unspecified atom stereocenters. The van der Waals surface area contributed by atoms with Crippen molar-refractivity contribution in [3.8, 4) is 0 Å². The average molecular weight is 326 g/mol. The van der Waals surface area contributed by atoms with Gasteiger partial charge in [-0.1, -0.05) is 6.07 Å². The third kappa shape index (κ3) is 4.97. The Balaban J connectivity index is 1.70. The van der Waals surface area contributed by atoms with Crippen LogP contribution in [0.15, 0.2) is 17.5 Å². The number of likely N-dealkylation sites (tertiary alicyclic amines) is 1. The van der Waals surface area contributed by atoms with Gasteiger partial charge in [-0.3, -0.25) is 0 Å². The van der Waals surface area contributed by atoms with E-state index in [1.807, 2.05) is 24.4 Å². The maximum Gasteiger partial charge on any atom is 0.409 e. The van der Waals surface area contributed by atoms with Gasteiger partial charge in [-0.15, -0.1) is 11.3 Å². The second kappa shape index (κ2) is 8.50. The molecule has 1 saturated heterocycles. The molecule has 0 bridgehead atoms. The fourth-order valence-electron chi connectivity index (χ4n) is 2.85. The summed E-state index contributed by atoms with van der Waals surface area (Å²) < 4.78 is 5.03. The highest BCUT2D eigenvalue weighted by atomic mass is 32.1. The van der Waals surface area contributed by atoms with Gasteiger partial charge in [0.25, 0.3) is 0 Å². The molecule has 1 aliphatic heterocycles. The van der Waals surface area contributed by atoms with Crippen molar-refractivity contribution in [2.75, 3.05) is 19.7 Å². The van der Waals surface area contributed by atoms with Gasteiger partial charge < -0.3 is 20.1 Å². The number of hydrogen-bond acceptors (Lipinski definition) is 5. The van der Waals surface area contributed by atoms with Gasteiger partial charge in [-0.05, 0) is 44.6 Å². The van der Waals surface area contributed by atoms with Crippen molar-refractivity contribution in [1.82, 2.24) is 10.2 Å². The number of hydrogen-bond donors (Lipinski definition) is 2. The molecule has 1 aromatic heterocycles. The number of rotatable bonds is 6. The van der Waals surface area contributed by atoms with Gasteiger partial charge in [-0.25, -0.2) is 4.79 Å². The van der Waals surface area contributed by atoms with Gasteiger partial charge in [0.2, 0.25) is 0 Å². The zero-order chi connectivity index (χ0) is 15.9. The van der Waals surface area contributed by atoms with E-state index in [0.717, 1.165) is 30.8 Å². The normalized spacial score (nSPS) is 19.0. The molecule has 5 nitrogen and oxygen atoms in total. The number of amides is 1. The zero-order valence-electron chi connectivity index (χ0n) is 13.3. The smallest absolute Gasteiger partial charge is 0.409 e. The molecule has 2 atom stereocenters. The van der Waals surface area contributed by atoms with Crippen molar-refractivity contribution in [1.29, 1.82) is 0 Å². The molecule has 22 heavy (non-hydrogen) atoms. The molecule has 1 aromatic rings. The van der Waals surface area contributed by atoms with E-state index in [-0.39, 0.29) is 12.1 Å². The Morgan fingerprint density at radius 2 is 2.27 bits per heavy atom. The monoisotopic (exact) mass is 326 g/mol. The second-order valence-corrected chi connectivity index (χ2v) is 6.77. The maximum atomic E-state index is 11.7. The molecule has 0 aliphatic carbocycles. The first-order chi connectivity index (χ1) is 10.6. The number of aliphatic hydroxyl groups is 1. The summed E-state index contributed by atoms with van der Waals surface area (Å²) in [6.07, 6.45) is 1.96. The van der Waals surface area contributed by atoms with Gasteiger partial charge in [0.1, 0.15) is 0 Å². The Morgan fingerprint density at radius 3 is 2.86 bits per heavy atom. The number of carbonyl (C=O) groups excluding carboxylic acids is 1. The summed E-state index contributed by atoms with van der Waals surface area (Å²) in [6.45, 7) is 5.82. The Hall–Kier alpha value is -1.11. The van der Waals surface area contributed by atoms with Crippen LogP contribution in [0.1, 0.15) is 44.1 Å². The number of piperidine rings is 1. The lowest BCUT2D eigenvalue weighted by Gasteiger charge is -2.33. The van der Waals surface area contributed by atoms with Gasteiger partial charge >= 0.3 is 6.09 Å². The SMILES string of the molecule is CCOC(=O)N1CCC(NC(C)CC(O)c2cccs2)CC1. The van der Waals surface area contributed by atoms with Crippen molar-refractivity contribution in [2.45, 2.75) is 51.3 Å². The van der Waals surface area contributed by atoms with Crippen LogP contribution in [0, 0.1) is 0 Å². The van der Waals surface area contributed by atoms with Crippen LogP contribution in [0.25, 0.3) is 0 Å². The molecule has 6 heteroatoms. The average Bonchev–Trinajstić information content (AvgIpc) is 3.02. The predicted octanol–water partition coefficient (Wildman–Crippen LogP) is 2.77. The molecule has 0 radical (unpaired) electrons. The van der Waals surface area contributed by atoms with Crippen LogP contribution in [-0.2, 0) is 4.74 Å². The molecule has 1 amide bonds. The quantitative estimate of drug-likeness (QED) is 0.844. The number of carbonyl (C=O) groups is 1. The van der Waals surface area contributed by atoms with Crippen molar-refractivity contribution in [3.05, 3.63) is 22.4 Å². The van der Waals surface area contributed by atoms with Gasteiger partial charge in [0.05, 0.1) is 12.7 Å². The lowest BCUT2D eigenvalue weighted by atomic mass is 10.0. The van der Waals surface area contributed by atoms with Crippen LogP contribution in [-0.4, -0.2) is 47.9 Å². The zero-order valence-corrected chi connectivity index (χ0v) is 14.1. The Morgan fingerprint density at radius 1 is 1.55 bits per heavy atom. The fraction of sp³-hybridized carbons (Fsp3) is 0.688. The number of ether oxygens (including phenoxy) is 1. The van der Waals surface area contributed by atoms with Crippen LogP contribution in [0.2, 0.25) is 0 Å². The fourth-order valence-corrected chi connectivity index (χ4v) is 3.57. The lowest BCUT2D eigenvalue weighted by Crippen LogP contribution is -2.47. The topological polar surface area (TPSA) is 61.8 Å². The summed E-state index contributed by atoms with van der Waals surface area (Å²) in [5.41, 5.74) is 0. The van der Waals surface area contributed by atoms with Crippen molar-refractivity contribution >= 4 is 17.4 Å². The van der Waals surface area contributed by atoms with Crippen molar-refractivity contribution in [2.24, 2.45) is 0 Å². The molecule has 0 saturated carbocycles. The number of nitrogens with one attached hydrogen (secondary N) is 1. The summed E-state index contributed by atoms with van der Waals surface area (Å²) in [6, 6.07) is 4.58. The third-order valence-corrected chi connectivity index (χ3v) is 4.96. The molecule has 0 spiro atoms. The molecule has 2 rings (SSSR count). The lowest BCUT2D eigenvalue weighted by molar-refractivity contribution is 0.0930. The number of nitrogens with zero attached hydrogens (tertiary/aromatic N) is 1. The first kappa shape index (κ1) is 17.2.